The zero-order chi connectivity index (χ0) is 16.8. The largest absolute Gasteiger partial charge is 0.352 e. The van der Waals surface area contributed by atoms with E-state index in [1.807, 2.05) is 41.1 Å². The first-order valence-electron chi connectivity index (χ1n) is 7.77. The molecular formula is C18H19N5O. The van der Waals surface area contributed by atoms with Crippen LogP contribution in [0.15, 0.2) is 61.3 Å². The van der Waals surface area contributed by atoms with Crippen molar-refractivity contribution in [3.05, 3.63) is 78.1 Å². The van der Waals surface area contributed by atoms with Crippen LogP contribution in [0, 0.1) is 0 Å². The Morgan fingerprint density at radius 2 is 1.96 bits per heavy atom. The van der Waals surface area contributed by atoms with Gasteiger partial charge in [0.15, 0.2) is 0 Å². The molecular weight excluding hydrogens is 302 g/mol. The smallest absolute Gasteiger partial charge is 0.253 e. The van der Waals surface area contributed by atoms with Gasteiger partial charge in [-0.25, -0.2) is 4.98 Å². The fourth-order valence-electron chi connectivity index (χ4n) is 2.46. The van der Waals surface area contributed by atoms with E-state index in [1.165, 1.54) is 0 Å². The molecule has 0 aliphatic carbocycles. The van der Waals surface area contributed by atoms with Gasteiger partial charge in [-0.05, 0) is 36.2 Å². The summed E-state index contributed by atoms with van der Waals surface area (Å²) in [5.74, 6) is -0.109. The average Bonchev–Trinajstić information content (AvgIpc) is 3.11. The van der Waals surface area contributed by atoms with Crippen molar-refractivity contribution in [2.24, 2.45) is 5.73 Å². The average molecular weight is 321 g/mol. The first-order valence-corrected chi connectivity index (χ1v) is 7.77. The summed E-state index contributed by atoms with van der Waals surface area (Å²) in [5.41, 5.74) is 8.91. The molecule has 2 aromatic heterocycles. The zero-order valence-corrected chi connectivity index (χ0v) is 13.2. The van der Waals surface area contributed by atoms with Crippen molar-refractivity contribution in [3.8, 4) is 5.69 Å². The molecule has 0 spiro atoms. The number of carbonyl (C=O) groups is 1. The third-order valence-corrected chi connectivity index (χ3v) is 3.72. The Labute approximate surface area is 140 Å². The second kappa shape index (κ2) is 7.52. The van der Waals surface area contributed by atoms with E-state index >= 15 is 0 Å². The predicted molar refractivity (Wildman–Crippen MR) is 91.7 cm³/mol. The maximum atomic E-state index is 12.5. The Morgan fingerprint density at radius 3 is 2.71 bits per heavy atom. The van der Waals surface area contributed by atoms with Gasteiger partial charge in [-0.15, -0.1) is 0 Å². The lowest BCUT2D eigenvalue weighted by Crippen LogP contribution is -2.26. The molecule has 1 aromatic carbocycles. The number of hydrogen-bond acceptors (Lipinski definition) is 4. The van der Waals surface area contributed by atoms with Crippen molar-refractivity contribution in [1.82, 2.24) is 19.9 Å². The number of amides is 1. The van der Waals surface area contributed by atoms with Gasteiger partial charge in [0, 0.05) is 31.7 Å². The maximum absolute atomic E-state index is 12.5. The molecule has 6 heteroatoms. The fourth-order valence-corrected chi connectivity index (χ4v) is 2.46. The van der Waals surface area contributed by atoms with Gasteiger partial charge in [-0.3, -0.25) is 9.78 Å². The van der Waals surface area contributed by atoms with E-state index in [0.29, 0.717) is 18.7 Å². The second-order valence-electron chi connectivity index (χ2n) is 5.35. The van der Waals surface area contributed by atoms with E-state index in [1.54, 1.807) is 24.8 Å². The number of rotatable bonds is 6. The van der Waals surface area contributed by atoms with E-state index in [-0.39, 0.29) is 5.91 Å². The summed E-state index contributed by atoms with van der Waals surface area (Å²) in [6.07, 6.45) is 7.77. The first kappa shape index (κ1) is 15.9. The lowest BCUT2D eigenvalue weighted by molar-refractivity contribution is 0.0954. The van der Waals surface area contributed by atoms with Crippen LogP contribution in [0.4, 0.5) is 0 Å². The summed E-state index contributed by atoms with van der Waals surface area (Å²) < 4.78 is 1.82. The van der Waals surface area contributed by atoms with E-state index in [2.05, 4.69) is 15.3 Å². The third kappa shape index (κ3) is 3.67. The van der Waals surface area contributed by atoms with Gasteiger partial charge in [-0.1, -0.05) is 12.1 Å². The zero-order valence-electron chi connectivity index (χ0n) is 13.2. The highest BCUT2D eigenvalue weighted by Crippen LogP contribution is 2.15. The SMILES string of the molecule is NCc1cn(-c2ccccc2C(=O)NCCc2ccncc2)cn1. The first-order chi connectivity index (χ1) is 11.8. The van der Waals surface area contributed by atoms with Crippen LogP contribution in [0.25, 0.3) is 5.69 Å². The van der Waals surface area contributed by atoms with Crippen LogP contribution in [0.1, 0.15) is 21.6 Å². The number of nitrogens with two attached hydrogens (primary N) is 1. The molecule has 1 amide bonds. The van der Waals surface area contributed by atoms with E-state index < -0.39 is 0 Å². The number of nitrogens with one attached hydrogen (secondary N) is 1. The van der Waals surface area contributed by atoms with Crippen molar-refractivity contribution in [2.75, 3.05) is 6.54 Å². The number of imidazole rings is 1. The minimum atomic E-state index is -0.109. The molecule has 0 bridgehead atoms. The number of aromatic nitrogens is 3. The number of hydrogen-bond donors (Lipinski definition) is 2. The Hall–Kier alpha value is -2.99. The minimum absolute atomic E-state index is 0.109. The van der Waals surface area contributed by atoms with E-state index in [9.17, 15) is 4.79 Å². The maximum Gasteiger partial charge on any atom is 0.253 e. The lowest BCUT2D eigenvalue weighted by atomic mass is 10.1. The van der Waals surface area contributed by atoms with E-state index in [0.717, 1.165) is 23.4 Å². The summed E-state index contributed by atoms with van der Waals surface area (Å²) in [4.78, 5) is 20.7. The molecule has 6 nitrogen and oxygen atoms in total. The summed E-state index contributed by atoms with van der Waals surface area (Å²) in [7, 11) is 0. The molecule has 0 saturated heterocycles. The van der Waals surface area contributed by atoms with Crippen LogP contribution in [-0.2, 0) is 13.0 Å². The Morgan fingerprint density at radius 1 is 1.17 bits per heavy atom. The molecule has 3 aromatic rings. The molecule has 0 aliphatic heterocycles. The van der Waals surface area contributed by atoms with Crippen LogP contribution in [0.3, 0.4) is 0 Å². The number of benzene rings is 1. The summed E-state index contributed by atoms with van der Waals surface area (Å²) >= 11 is 0. The van der Waals surface area contributed by atoms with Crippen molar-refractivity contribution in [1.29, 1.82) is 0 Å². The number of pyridine rings is 1. The highest BCUT2D eigenvalue weighted by molar-refractivity contribution is 5.97. The number of nitrogens with zero attached hydrogens (tertiary/aromatic N) is 3. The number of para-hydroxylation sites is 1. The van der Waals surface area contributed by atoms with Gasteiger partial charge in [0.1, 0.15) is 0 Å². The van der Waals surface area contributed by atoms with Gasteiger partial charge >= 0.3 is 0 Å². The Balaban J connectivity index is 1.71. The topological polar surface area (TPSA) is 85.8 Å². The highest BCUT2D eigenvalue weighted by atomic mass is 16.1. The molecule has 0 saturated carbocycles. The normalized spacial score (nSPS) is 10.5. The van der Waals surface area contributed by atoms with Crippen LogP contribution in [0.5, 0.6) is 0 Å². The van der Waals surface area contributed by atoms with Crippen LogP contribution in [0.2, 0.25) is 0 Å². The van der Waals surface area contributed by atoms with Crippen LogP contribution >= 0.6 is 0 Å². The molecule has 3 rings (SSSR count). The van der Waals surface area contributed by atoms with Gasteiger partial charge in [0.2, 0.25) is 0 Å². The molecule has 0 unspecified atom stereocenters. The summed E-state index contributed by atoms with van der Waals surface area (Å²) in [6.45, 7) is 0.933. The molecule has 3 N–H and O–H groups in total. The van der Waals surface area contributed by atoms with Gasteiger partial charge in [0.25, 0.3) is 5.91 Å². The predicted octanol–water partition coefficient (Wildman–Crippen LogP) is 1.70. The molecule has 2 heterocycles. The van der Waals surface area contributed by atoms with Crippen molar-refractivity contribution in [2.45, 2.75) is 13.0 Å². The standard InChI is InChI=1S/C18H19N5O/c19-11-15-12-23(13-22-15)17-4-2-1-3-16(17)18(24)21-10-7-14-5-8-20-9-6-14/h1-6,8-9,12-13H,7,10-11,19H2,(H,21,24). The van der Waals surface area contributed by atoms with E-state index in [4.69, 9.17) is 5.73 Å². The molecule has 122 valence electrons. The molecule has 0 aliphatic rings. The quantitative estimate of drug-likeness (QED) is 0.723. The fraction of sp³-hybridized carbons (Fsp3) is 0.167. The molecule has 0 atom stereocenters. The van der Waals surface area contributed by atoms with Crippen LogP contribution < -0.4 is 11.1 Å². The van der Waals surface area contributed by atoms with Crippen molar-refractivity contribution >= 4 is 5.91 Å². The highest BCUT2D eigenvalue weighted by Gasteiger charge is 2.12. The third-order valence-electron chi connectivity index (χ3n) is 3.72. The minimum Gasteiger partial charge on any atom is -0.352 e. The van der Waals surface area contributed by atoms with Gasteiger partial charge < -0.3 is 15.6 Å². The second-order valence-corrected chi connectivity index (χ2v) is 5.35. The number of carbonyl (C=O) groups excluding carboxylic acids is 1. The van der Waals surface area contributed by atoms with Crippen molar-refractivity contribution < 1.29 is 4.79 Å². The molecule has 0 fully saturated rings. The van der Waals surface area contributed by atoms with Crippen LogP contribution in [-0.4, -0.2) is 27.0 Å². The monoisotopic (exact) mass is 321 g/mol. The van der Waals surface area contributed by atoms with Gasteiger partial charge in [-0.2, -0.15) is 0 Å². The summed E-state index contributed by atoms with van der Waals surface area (Å²) in [6, 6.07) is 11.3. The Bertz CT molecular complexity index is 813. The van der Waals surface area contributed by atoms with Crippen molar-refractivity contribution in [3.63, 3.8) is 0 Å². The molecule has 0 radical (unpaired) electrons. The van der Waals surface area contributed by atoms with Gasteiger partial charge in [0.05, 0.1) is 23.3 Å². The lowest BCUT2D eigenvalue weighted by Gasteiger charge is -2.10. The Kier molecular flexibility index (Phi) is 4.98. The molecule has 24 heavy (non-hydrogen) atoms. The summed E-state index contributed by atoms with van der Waals surface area (Å²) in [5, 5.41) is 2.96.